The lowest BCUT2D eigenvalue weighted by molar-refractivity contribution is -0.136. The van der Waals surface area contributed by atoms with Gasteiger partial charge in [-0.2, -0.15) is 0 Å². The molecule has 1 aliphatic heterocycles. The predicted octanol–water partition coefficient (Wildman–Crippen LogP) is 1.72. The fraction of sp³-hybridized carbons (Fsp3) is 0.438. The largest absolute Gasteiger partial charge is 0.506 e. The van der Waals surface area contributed by atoms with Crippen molar-refractivity contribution in [1.82, 2.24) is 10.2 Å². The minimum absolute atomic E-state index is 0.0600. The Kier molecular flexibility index (Phi) is 6.46. The number of carbonyl (C=O) groups excluding carboxylic acids is 3. The van der Waals surface area contributed by atoms with Gasteiger partial charge in [0.1, 0.15) is 5.75 Å². The Morgan fingerprint density at radius 2 is 1.96 bits per heavy atom. The summed E-state index contributed by atoms with van der Waals surface area (Å²) in [5.74, 6) is -1.90. The molecule has 1 fully saturated rings. The van der Waals surface area contributed by atoms with E-state index in [-0.39, 0.29) is 23.6 Å². The van der Waals surface area contributed by atoms with Crippen LogP contribution in [0.1, 0.15) is 19.8 Å². The topological polar surface area (TPSA) is 108 Å². The molecule has 0 bridgehead atoms. The number of nitrogens with zero attached hydrogens (tertiary/aromatic N) is 1. The molecule has 3 amide bonds. The fourth-order valence-corrected chi connectivity index (χ4v) is 2.63. The Labute approximate surface area is 150 Å². The standard InChI is InChI=1S/C16H20ClN3O5/c1-2-25-16(24)20-7-5-11(6-8-20)18-14(22)15(23)19-12-9-10(17)3-4-13(12)21/h3-4,9,11,21H,2,5-8H2,1H3,(H,18,22)(H,19,23). The van der Waals surface area contributed by atoms with Crippen molar-refractivity contribution in [2.24, 2.45) is 0 Å². The summed E-state index contributed by atoms with van der Waals surface area (Å²) in [4.78, 5) is 37.1. The first-order chi connectivity index (χ1) is 11.9. The average molecular weight is 370 g/mol. The summed E-state index contributed by atoms with van der Waals surface area (Å²) in [5, 5.41) is 14.9. The molecule has 0 radical (unpaired) electrons. The highest BCUT2D eigenvalue weighted by atomic mass is 35.5. The molecular weight excluding hydrogens is 350 g/mol. The summed E-state index contributed by atoms with van der Waals surface area (Å²) in [7, 11) is 0. The second-order valence-electron chi connectivity index (χ2n) is 5.55. The number of carbonyl (C=O) groups is 3. The van der Waals surface area contributed by atoms with E-state index in [1.165, 1.54) is 18.2 Å². The van der Waals surface area contributed by atoms with Crippen molar-refractivity contribution in [2.45, 2.75) is 25.8 Å². The van der Waals surface area contributed by atoms with Crippen LogP contribution in [0.25, 0.3) is 0 Å². The predicted molar refractivity (Wildman–Crippen MR) is 91.5 cm³/mol. The van der Waals surface area contributed by atoms with Gasteiger partial charge in [0.15, 0.2) is 0 Å². The van der Waals surface area contributed by atoms with Crippen LogP contribution in [0.3, 0.4) is 0 Å². The average Bonchev–Trinajstić information content (AvgIpc) is 2.59. The van der Waals surface area contributed by atoms with Gasteiger partial charge in [-0.05, 0) is 38.0 Å². The van der Waals surface area contributed by atoms with E-state index < -0.39 is 11.8 Å². The number of likely N-dealkylation sites (tertiary alicyclic amines) is 1. The summed E-state index contributed by atoms with van der Waals surface area (Å²) in [6.45, 7) is 2.94. The Bertz CT molecular complexity index is 659. The molecule has 8 nitrogen and oxygen atoms in total. The van der Waals surface area contributed by atoms with Crippen LogP contribution in [0.15, 0.2) is 18.2 Å². The quantitative estimate of drug-likeness (QED) is 0.555. The monoisotopic (exact) mass is 369 g/mol. The van der Waals surface area contributed by atoms with E-state index >= 15 is 0 Å². The number of amides is 3. The van der Waals surface area contributed by atoms with Gasteiger partial charge in [0.25, 0.3) is 0 Å². The molecule has 0 aliphatic carbocycles. The summed E-state index contributed by atoms with van der Waals surface area (Å²) in [6.07, 6.45) is 0.682. The molecular formula is C16H20ClN3O5. The number of hydrogen-bond donors (Lipinski definition) is 3. The first-order valence-electron chi connectivity index (χ1n) is 7.92. The van der Waals surface area contributed by atoms with Crippen molar-refractivity contribution in [2.75, 3.05) is 25.0 Å². The number of piperidine rings is 1. The van der Waals surface area contributed by atoms with Gasteiger partial charge in [-0.1, -0.05) is 11.6 Å². The summed E-state index contributed by atoms with van der Waals surface area (Å²) in [5.41, 5.74) is 0.0600. The van der Waals surface area contributed by atoms with E-state index in [9.17, 15) is 19.5 Å². The number of halogens is 1. The van der Waals surface area contributed by atoms with Crippen molar-refractivity contribution < 1.29 is 24.2 Å². The van der Waals surface area contributed by atoms with E-state index in [1.54, 1.807) is 11.8 Å². The van der Waals surface area contributed by atoms with Gasteiger partial charge in [0.2, 0.25) is 0 Å². The molecule has 1 aromatic rings. The normalized spacial score (nSPS) is 14.7. The number of benzene rings is 1. The highest BCUT2D eigenvalue weighted by Gasteiger charge is 2.26. The Balaban J connectivity index is 1.83. The number of anilines is 1. The number of phenols is 1. The van der Waals surface area contributed by atoms with E-state index in [1.807, 2.05) is 0 Å². The third-order valence-corrected chi connectivity index (χ3v) is 4.00. The molecule has 25 heavy (non-hydrogen) atoms. The van der Waals surface area contributed by atoms with Gasteiger partial charge in [0, 0.05) is 24.2 Å². The number of rotatable bonds is 3. The van der Waals surface area contributed by atoms with Gasteiger partial charge in [-0.15, -0.1) is 0 Å². The maximum Gasteiger partial charge on any atom is 0.409 e. The SMILES string of the molecule is CCOC(=O)N1CCC(NC(=O)C(=O)Nc2cc(Cl)ccc2O)CC1. The first kappa shape index (κ1) is 18.9. The maximum atomic E-state index is 12.0. The molecule has 1 heterocycles. The van der Waals surface area contributed by atoms with Crippen molar-refractivity contribution in [3.8, 4) is 5.75 Å². The summed E-state index contributed by atoms with van der Waals surface area (Å²) in [6, 6.07) is 3.92. The third-order valence-electron chi connectivity index (χ3n) is 3.77. The lowest BCUT2D eigenvalue weighted by Gasteiger charge is -2.31. The van der Waals surface area contributed by atoms with E-state index in [4.69, 9.17) is 16.3 Å². The van der Waals surface area contributed by atoms with Gasteiger partial charge < -0.3 is 25.4 Å². The molecule has 1 aliphatic rings. The van der Waals surface area contributed by atoms with Crippen LogP contribution in [-0.4, -0.2) is 53.7 Å². The summed E-state index contributed by atoms with van der Waals surface area (Å²) < 4.78 is 4.92. The molecule has 3 N–H and O–H groups in total. The molecule has 136 valence electrons. The molecule has 0 unspecified atom stereocenters. The number of aromatic hydroxyl groups is 1. The second kappa shape index (κ2) is 8.57. The van der Waals surface area contributed by atoms with Crippen LogP contribution in [0, 0.1) is 0 Å². The zero-order valence-corrected chi connectivity index (χ0v) is 14.5. The van der Waals surface area contributed by atoms with Gasteiger partial charge in [0.05, 0.1) is 12.3 Å². The lowest BCUT2D eigenvalue weighted by atomic mass is 10.1. The van der Waals surface area contributed by atoms with Gasteiger partial charge >= 0.3 is 17.9 Å². The van der Waals surface area contributed by atoms with Crippen LogP contribution in [0.5, 0.6) is 5.75 Å². The molecule has 1 aromatic carbocycles. The Morgan fingerprint density at radius 3 is 2.60 bits per heavy atom. The minimum Gasteiger partial charge on any atom is -0.506 e. The zero-order chi connectivity index (χ0) is 18.4. The first-order valence-corrected chi connectivity index (χ1v) is 8.30. The van der Waals surface area contributed by atoms with Gasteiger partial charge in [-0.3, -0.25) is 9.59 Å². The fourth-order valence-electron chi connectivity index (χ4n) is 2.46. The molecule has 0 atom stereocenters. The molecule has 0 aromatic heterocycles. The van der Waals surface area contributed by atoms with Crippen molar-refractivity contribution in [1.29, 1.82) is 0 Å². The van der Waals surface area contributed by atoms with Crippen molar-refractivity contribution in [3.63, 3.8) is 0 Å². The van der Waals surface area contributed by atoms with Crippen LogP contribution in [-0.2, 0) is 14.3 Å². The zero-order valence-electron chi connectivity index (χ0n) is 13.8. The third kappa shape index (κ3) is 5.25. The van der Waals surface area contributed by atoms with Crippen LogP contribution >= 0.6 is 11.6 Å². The van der Waals surface area contributed by atoms with Gasteiger partial charge in [-0.25, -0.2) is 4.79 Å². The lowest BCUT2D eigenvalue weighted by Crippen LogP contribution is -2.49. The highest BCUT2D eigenvalue weighted by Crippen LogP contribution is 2.26. The van der Waals surface area contributed by atoms with Crippen LogP contribution in [0.2, 0.25) is 5.02 Å². The summed E-state index contributed by atoms with van der Waals surface area (Å²) >= 11 is 5.79. The Hall–Kier alpha value is -2.48. The number of hydrogen-bond acceptors (Lipinski definition) is 5. The van der Waals surface area contributed by atoms with Crippen molar-refractivity contribution >= 4 is 35.2 Å². The highest BCUT2D eigenvalue weighted by molar-refractivity contribution is 6.40. The van der Waals surface area contributed by atoms with E-state index in [0.29, 0.717) is 37.6 Å². The smallest absolute Gasteiger partial charge is 0.409 e. The molecule has 0 saturated carbocycles. The number of phenolic OH excluding ortho intramolecular Hbond substituents is 1. The Morgan fingerprint density at radius 1 is 1.28 bits per heavy atom. The minimum atomic E-state index is -0.898. The van der Waals surface area contributed by atoms with E-state index in [0.717, 1.165) is 0 Å². The van der Waals surface area contributed by atoms with E-state index in [2.05, 4.69) is 10.6 Å². The molecule has 1 saturated heterocycles. The number of ether oxygens (including phenoxy) is 1. The molecule has 2 rings (SSSR count). The number of nitrogens with one attached hydrogen (secondary N) is 2. The molecule has 9 heteroatoms. The second-order valence-corrected chi connectivity index (χ2v) is 5.99. The van der Waals surface area contributed by atoms with Crippen LogP contribution < -0.4 is 10.6 Å². The van der Waals surface area contributed by atoms with Crippen molar-refractivity contribution in [3.05, 3.63) is 23.2 Å². The maximum absolute atomic E-state index is 12.0. The molecule has 0 spiro atoms. The van der Waals surface area contributed by atoms with Crippen LogP contribution in [0.4, 0.5) is 10.5 Å².